The van der Waals surface area contributed by atoms with Gasteiger partial charge in [-0.2, -0.15) is 0 Å². The molecule has 0 saturated heterocycles. The number of amides is 1. The summed E-state index contributed by atoms with van der Waals surface area (Å²) in [5, 5.41) is 9.00. The third kappa shape index (κ3) is 2.60. The van der Waals surface area contributed by atoms with Crippen molar-refractivity contribution in [2.24, 2.45) is 0 Å². The lowest BCUT2D eigenvalue weighted by atomic mass is 10.1. The van der Waals surface area contributed by atoms with Crippen molar-refractivity contribution in [1.82, 2.24) is 4.98 Å². The van der Waals surface area contributed by atoms with Crippen LogP contribution in [0.1, 0.15) is 13.3 Å². The van der Waals surface area contributed by atoms with Crippen molar-refractivity contribution in [3.05, 3.63) is 23.6 Å². The molecule has 0 atom stereocenters. The second kappa shape index (κ2) is 5.50. The average molecular weight is 289 g/mol. The van der Waals surface area contributed by atoms with E-state index in [1.807, 2.05) is 23.6 Å². The Labute approximate surface area is 121 Å². The number of nitrogens with one attached hydrogen (secondary N) is 2. The van der Waals surface area contributed by atoms with Crippen LogP contribution in [-0.2, 0) is 4.79 Å². The Morgan fingerprint density at radius 1 is 1.50 bits per heavy atom. The summed E-state index contributed by atoms with van der Waals surface area (Å²) in [6.07, 6.45) is 1.07. The zero-order valence-electron chi connectivity index (χ0n) is 11.1. The number of fused-ring (bicyclic) bond motifs is 1. The van der Waals surface area contributed by atoms with Crippen LogP contribution in [0.5, 0.6) is 5.75 Å². The monoisotopic (exact) mass is 289 g/mol. The molecule has 0 fully saturated rings. The van der Waals surface area contributed by atoms with Crippen molar-refractivity contribution < 1.29 is 9.53 Å². The molecule has 104 valence electrons. The second-order valence-corrected chi connectivity index (χ2v) is 5.37. The first-order valence-corrected chi connectivity index (χ1v) is 7.40. The summed E-state index contributed by atoms with van der Waals surface area (Å²) in [6, 6.07) is 5.71. The van der Waals surface area contributed by atoms with E-state index in [0.29, 0.717) is 11.4 Å². The second-order valence-electron chi connectivity index (χ2n) is 4.51. The molecule has 5 nitrogen and oxygen atoms in total. The summed E-state index contributed by atoms with van der Waals surface area (Å²) < 4.78 is 5.34. The Hall–Kier alpha value is -2.08. The maximum absolute atomic E-state index is 11.3. The number of aromatic nitrogens is 1. The highest BCUT2D eigenvalue weighted by Crippen LogP contribution is 2.33. The largest absolute Gasteiger partial charge is 0.482 e. The molecule has 0 bridgehead atoms. The SMILES string of the molecule is CCCNc1nc(-c2ccc3c(c2)NC(=O)CO3)cs1. The number of carbonyl (C=O) groups excluding carboxylic acids is 1. The van der Waals surface area contributed by atoms with E-state index in [0.717, 1.165) is 29.4 Å². The molecule has 1 aliphatic rings. The van der Waals surface area contributed by atoms with Gasteiger partial charge in [0.25, 0.3) is 5.91 Å². The van der Waals surface area contributed by atoms with E-state index in [9.17, 15) is 4.79 Å². The van der Waals surface area contributed by atoms with Gasteiger partial charge in [-0.05, 0) is 24.6 Å². The van der Waals surface area contributed by atoms with Crippen molar-refractivity contribution >= 4 is 28.1 Å². The molecule has 20 heavy (non-hydrogen) atoms. The van der Waals surface area contributed by atoms with Gasteiger partial charge < -0.3 is 15.4 Å². The maximum atomic E-state index is 11.3. The minimum absolute atomic E-state index is 0.0775. The van der Waals surface area contributed by atoms with Gasteiger partial charge in [-0.25, -0.2) is 4.98 Å². The van der Waals surface area contributed by atoms with Gasteiger partial charge in [-0.15, -0.1) is 11.3 Å². The Morgan fingerprint density at radius 3 is 3.25 bits per heavy atom. The number of benzene rings is 1. The van der Waals surface area contributed by atoms with Gasteiger partial charge in [0.15, 0.2) is 11.7 Å². The summed E-state index contributed by atoms with van der Waals surface area (Å²) in [5.41, 5.74) is 2.57. The predicted octanol–water partition coefficient (Wildman–Crippen LogP) is 2.96. The van der Waals surface area contributed by atoms with Crippen LogP contribution in [0.3, 0.4) is 0 Å². The van der Waals surface area contributed by atoms with Gasteiger partial charge in [-0.1, -0.05) is 6.92 Å². The fraction of sp³-hybridized carbons (Fsp3) is 0.286. The highest BCUT2D eigenvalue weighted by Gasteiger charge is 2.16. The number of anilines is 2. The van der Waals surface area contributed by atoms with Crippen LogP contribution in [0.4, 0.5) is 10.8 Å². The predicted molar refractivity (Wildman–Crippen MR) is 80.5 cm³/mol. The van der Waals surface area contributed by atoms with Gasteiger partial charge in [0.1, 0.15) is 5.75 Å². The van der Waals surface area contributed by atoms with E-state index >= 15 is 0 Å². The number of rotatable bonds is 4. The van der Waals surface area contributed by atoms with Gasteiger partial charge in [0, 0.05) is 17.5 Å². The van der Waals surface area contributed by atoms with E-state index in [1.165, 1.54) is 0 Å². The highest BCUT2D eigenvalue weighted by molar-refractivity contribution is 7.14. The topological polar surface area (TPSA) is 63.2 Å². The molecule has 2 aromatic rings. The quantitative estimate of drug-likeness (QED) is 0.908. The lowest BCUT2D eigenvalue weighted by molar-refractivity contribution is -0.118. The van der Waals surface area contributed by atoms with Crippen molar-refractivity contribution in [2.75, 3.05) is 23.8 Å². The van der Waals surface area contributed by atoms with Gasteiger partial charge in [-0.3, -0.25) is 4.79 Å². The van der Waals surface area contributed by atoms with Crippen LogP contribution in [0, 0.1) is 0 Å². The Bertz CT molecular complexity index is 639. The first-order chi connectivity index (χ1) is 9.76. The van der Waals surface area contributed by atoms with E-state index in [1.54, 1.807) is 11.3 Å². The number of ether oxygens (including phenoxy) is 1. The van der Waals surface area contributed by atoms with Crippen molar-refractivity contribution in [1.29, 1.82) is 0 Å². The summed E-state index contributed by atoms with van der Waals surface area (Å²) in [6.45, 7) is 3.11. The number of carbonyl (C=O) groups is 1. The molecule has 1 aromatic carbocycles. The fourth-order valence-corrected chi connectivity index (χ4v) is 2.71. The zero-order chi connectivity index (χ0) is 13.9. The molecular formula is C14H15N3O2S. The molecule has 0 spiro atoms. The van der Waals surface area contributed by atoms with Gasteiger partial charge >= 0.3 is 0 Å². The Kier molecular flexibility index (Phi) is 3.56. The number of hydrogen-bond donors (Lipinski definition) is 2. The molecule has 2 heterocycles. The standard InChI is InChI=1S/C14H15N3O2S/c1-2-5-15-14-17-11(8-20-14)9-3-4-12-10(6-9)16-13(18)7-19-12/h3-4,6,8H,2,5,7H2,1H3,(H,15,17)(H,16,18). The minimum atomic E-state index is -0.127. The molecule has 0 aliphatic carbocycles. The van der Waals surface area contributed by atoms with Crippen LogP contribution in [0.25, 0.3) is 11.3 Å². The van der Waals surface area contributed by atoms with E-state index in [4.69, 9.17) is 4.74 Å². The number of hydrogen-bond acceptors (Lipinski definition) is 5. The average Bonchev–Trinajstić information content (AvgIpc) is 2.93. The molecule has 0 radical (unpaired) electrons. The van der Waals surface area contributed by atoms with Crippen LogP contribution in [0.2, 0.25) is 0 Å². The molecule has 0 unspecified atom stereocenters. The molecular weight excluding hydrogens is 274 g/mol. The number of nitrogens with zero attached hydrogens (tertiary/aromatic N) is 1. The van der Waals surface area contributed by atoms with Crippen molar-refractivity contribution in [3.63, 3.8) is 0 Å². The maximum Gasteiger partial charge on any atom is 0.262 e. The minimum Gasteiger partial charge on any atom is -0.482 e. The Morgan fingerprint density at radius 2 is 2.40 bits per heavy atom. The highest BCUT2D eigenvalue weighted by atomic mass is 32.1. The third-order valence-electron chi connectivity index (χ3n) is 2.94. The zero-order valence-corrected chi connectivity index (χ0v) is 11.9. The molecule has 0 saturated carbocycles. The van der Waals surface area contributed by atoms with Crippen LogP contribution in [-0.4, -0.2) is 24.0 Å². The molecule has 1 amide bonds. The fourth-order valence-electron chi connectivity index (χ4n) is 1.96. The third-order valence-corrected chi connectivity index (χ3v) is 3.74. The first kappa shape index (κ1) is 12.9. The summed E-state index contributed by atoms with van der Waals surface area (Å²) in [5.74, 6) is 0.575. The Balaban J connectivity index is 1.85. The lowest BCUT2D eigenvalue weighted by Crippen LogP contribution is -2.25. The van der Waals surface area contributed by atoms with Crippen LogP contribution < -0.4 is 15.4 Å². The van der Waals surface area contributed by atoms with Gasteiger partial charge in [0.05, 0.1) is 11.4 Å². The summed E-state index contributed by atoms with van der Waals surface area (Å²) in [4.78, 5) is 15.9. The smallest absolute Gasteiger partial charge is 0.262 e. The van der Waals surface area contributed by atoms with Crippen molar-refractivity contribution in [2.45, 2.75) is 13.3 Å². The molecule has 1 aliphatic heterocycles. The first-order valence-electron chi connectivity index (χ1n) is 6.52. The molecule has 6 heteroatoms. The van der Waals surface area contributed by atoms with E-state index < -0.39 is 0 Å². The summed E-state index contributed by atoms with van der Waals surface area (Å²) in [7, 11) is 0. The normalized spacial score (nSPS) is 13.3. The molecule has 3 rings (SSSR count). The van der Waals surface area contributed by atoms with E-state index in [2.05, 4.69) is 22.5 Å². The van der Waals surface area contributed by atoms with Gasteiger partial charge in [0.2, 0.25) is 0 Å². The lowest BCUT2D eigenvalue weighted by Gasteiger charge is -2.18. The van der Waals surface area contributed by atoms with Crippen molar-refractivity contribution in [3.8, 4) is 17.0 Å². The molecule has 1 aromatic heterocycles. The number of thiazole rings is 1. The molecule has 2 N–H and O–H groups in total. The van der Waals surface area contributed by atoms with Crippen LogP contribution in [0.15, 0.2) is 23.6 Å². The van der Waals surface area contributed by atoms with E-state index in [-0.39, 0.29) is 12.5 Å². The van der Waals surface area contributed by atoms with Crippen LogP contribution >= 0.6 is 11.3 Å². The summed E-state index contributed by atoms with van der Waals surface area (Å²) >= 11 is 1.58.